The van der Waals surface area contributed by atoms with Gasteiger partial charge in [0.05, 0.1) is 18.2 Å². The van der Waals surface area contributed by atoms with Crippen molar-refractivity contribution in [1.29, 1.82) is 0 Å². The lowest BCUT2D eigenvalue weighted by molar-refractivity contribution is -0.140. The fourth-order valence-electron chi connectivity index (χ4n) is 4.36. The first-order valence-corrected chi connectivity index (χ1v) is 10.5. The number of ether oxygens (including phenoxy) is 1. The van der Waals surface area contributed by atoms with Crippen molar-refractivity contribution in [2.75, 3.05) is 6.61 Å². The lowest BCUT2D eigenvalue weighted by Crippen LogP contribution is -2.29. The lowest BCUT2D eigenvalue weighted by atomic mass is 9.94. The fraction of sp³-hybridized carbons (Fsp3) is 0.154. The van der Waals surface area contributed by atoms with Crippen LogP contribution in [0.1, 0.15) is 28.3 Å². The predicted octanol–water partition coefficient (Wildman–Crippen LogP) is 4.09. The number of nitrogens with zero attached hydrogens (tertiary/aromatic N) is 1. The molecule has 3 aromatic carbocycles. The van der Waals surface area contributed by atoms with Gasteiger partial charge < -0.3 is 19.8 Å². The number of rotatable bonds is 4. The number of aliphatic hydroxyl groups excluding tert-OH is 1. The summed E-state index contributed by atoms with van der Waals surface area (Å²) in [6, 6.07) is 16.1. The quantitative estimate of drug-likeness (QED) is 0.359. The number of benzene rings is 3. The second-order valence-corrected chi connectivity index (χ2v) is 8.07. The van der Waals surface area contributed by atoms with Gasteiger partial charge in [-0.1, -0.05) is 24.3 Å². The molecule has 0 saturated carbocycles. The van der Waals surface area contributed by atoms with Crippen molar-refractivity contribution in [2.24, 2.45) is 0 Å². The largest absolute Gasteiger partial charge is 0.508 e. The molecule has 1 unspecified atom stereocenters. The first-order valence-electron chi connectivity index (χ1n) is 10.5. The van der Waals surface area contributed by atoms with E-state index < -0.39 is 23.5 Å². The molecule has 0 aliphatic carbocycles. The number of amides is 1. The average Bonchev–Trinajstić information content (AvgIpc) is 3.38. The van der Waals surface area contributed by atoms with Crippen molar-refractivity contribution in [3.8, 4) is 11.5 Å². The molecule has 6 nitrogen and oxygen atoms in total. The molecule has 0 bridgehead atoms. The molecule has 0 aromatic heterocycles. The summed E-state index contributed by atoms with van der Waals surface area (Å²) in [4.78, 5) is 27.5. The highest BCUT2D eigenvalue weighted by Crippen LogP contribution is 2.41. The van der Waals surface area contributed by atoms with Gasteiger partial charge in [0.15, 0.2) is 0 Å². The minimum absolute atomic E-state index is 0.0278. The van der Waals surface area contributed by atoms with Crippen LogP contribution in [0.15, 0.2) is 72.3 Å². The first-order chi connectivity index (χ1) is 15.9. The van der Waals surface area contributed by atoms with Gasteiger partial charge in [-0.05, 0) is 59.2 Å². The number of phenolic OH excluding ortho intramolecular Hbond substituents is 1. The first kappa shape index (κ1) is 20.8. The molecule has 0 spiro atoms. The SMILES string of the molecule is O=C1C(=O)N(Cc2ccc(F)cc2)C(c2cccc(O)c2)/C1=C(/O)c1ccc2c(c1)CCO2. The number of likely N-dealkylation sites (tertiary alicyclic amines) is 1. The number of halogens is 1. The van der Waals surface area contributed by atoms with Crippen LogP contribution in [-0.4, -0.2) is 33.4 Å². The molecule has 2 heterocycles. The number of hydrogen-bond donors (Lipinski definition) is 2. The molecule has 3 aromatic rings. The smallest absolute Gasteiger partial charge is 0.295 e. The van der Waals surface area contributed by atoms with E-state index in [9.17, 15) is 24.2 Å². The molecule has 2 aliphatic rings. The van der Waals surface area contributed by atoms with E-state index in [0.717, 1.165) is 11.3 Å². The van der Waals surface area contributed by atoms with E-state index >= 15 is 0 Å². The normalized spacial score (nSPS) is 18.9. The fourth-order valence-corrected chi connectivity index (χ4v) is 4.36. The molecule has 1 fully saturated rings. The van der Waals surface area contributed by atoms with Gasteiger partial charge in [0, 0.05) is 18.5 Å². The zero-order valence-electron chi connectivity index (χ0n) is 17.5. The molecule has 166 valence electrons. The van der Waals surface area contributed by atoms with Gasteiger partial charge in [0.2, 0.25) is 0 Å². The minimum Gasteiger partial charge on any atom is -0.508 e. The topological polar surface area (TPSA) is 87.1 Å². The Bertz CT molecular complexity index is 1300. The van der Waals surface area contributed by atoms with Crippen molar-refractivity contribution in [3.63, 3.8) is 0 Å². The third-order valence-corrected chi connectivity index (χ3v) is 5.95. The number of carbonyl (C=O) groups is 2. The summed E-state index contributed by atoms with van der Waals surface area (Å²) >= 11 is 0. The van der Waals surface area contributed by atoms with E-state index in [1.807, 2.05) is 0 Å². The van der Waals surface area contributed by atoms with Crippen molar-refractivity contribution >= 4 is 17.4 Å². The summed E-state index contributed by atoms with van der Waals surface area (Å²) in [5, 5.41) is 21.2. The predicted molar refractivity (Wildman–Crippen MR) is 118 cm³/mol. The third kappa shape index (κ3) is 3.71. The second kappa shape index (κ2) is 8.09. The van der Waals surface area contributed by atoms with Crippen molar-refractivity contribution in [1.82, 2.24) is 4.90 Å². The van der Waals surface area contributed by atoms with Gasteiger partial charge in [0.25, 0.3) is 11.7 Å². The van der Waals surface area contributed by atoms with Crippen LogP contribution in [-0.2, 0) is 22.6 Å². The van der Waals surface area contributed by atoms with Crippen molar-refractivity contribution in [3.05, 3.63) is 100 Å². The number of carbonyl (C=O) groups excluding carboxylic acids is 2. The summed E-state index contributed by atoms with van der Waals surface area (Å²) in [5.74, 6) is -1.61. The molecule has 2 N–H and O–H groups in total. The van der Waals surface area contributed by atoms with Crippen LogP contribution >= 0.6 is 0 Å². The molecular weight excluding hydrogens is 425 g/mol. The van der Waals surface area contributed by atoms with E-state index in [1.54, 1.807) is 30.3 Å². The number of aliphatic hydroxyl groups is 1. The summed E-state index contributed by atoms with van der Waals surface area (Å²) in [5.41, 5.74) is 2.35. The Kier molecular flexibility index (Phi) is 5.09. The third-order valence-electron chi connectivity index (χ3n) is 5.95. The molecule has 1 atom stereocenters. The van der Waals surface area contributed by atoms with Crippen molar-refractivity contribution in [2.45, 2.75) is 19.0 Å². The molecule has 5 rings (SSSR count). The van der Waals surface area contributed by atoms with Gasteiger partial charge in [0.1, 0.15) is 23.1 Å². The standard InChI is InChI=1S/C26H20FNO5/c27-19-7-4-15(5-8-19)14-28-23(17-2-1-3-20(29)13-17)22(25(31)26(28)32)24(30)18-6-9-21-16(12-18)10-11-33-21/h1-9,12-13,23,29-30H,10-11,14H2/b24-22-. The molecule has 7 heteroatoms. The highest BCUT2D eigenvalue weighted by atomic mass is 19.1. The Morgan fingerprint density at radius 3 is 2.61 bits per heavy atom. The molecule has 2 aliphatic heterocycles. The zero-order chi connectivity index (χ0) is 23.1. The van der Waals surface area contributed by atoms with E-state index in [2.05, 4.69) is 0 Å². The Hall–Kier alpha value is -4.13. The maximum absolute atomic E-state index is 13.4. The summed E-state index contributed by atoms with van der Waals surface area (Å²) in [6.07, 6.45) is 0.686. The van der Waals surface area contributed by atoms with Gasteiger partial charge in [-0.3, -0.25) is 9.59 Å². The van der Waals surface area contributed by atoms with Crippen LogP contribution in [0.5, 0.6) is 11.5 Å². The van der Waals surface area contributed by atoms with Gasteiger partial charge in [-0.25, -0.2) is 4.39 Å². The summed E-state index contributed by atoms with van der Waals surface area (Å²) in [7, 11) is 0. The second-order valence-electron chi connectivity index (χ2n) is 8.07. The van der Waals surface area contributed by atoms with Crippen LogP contribution in [0.3, 0.4) is 0 Å². The number of fused-ring (bicyclic) bond motifs is 1. The van der Waals surface area contributed by atoms with E-state index in [4.69, 9.17) is 4.74 Å². The molecule has 1 amide bonds. The van der Waals surface area contributed by atoms with E-state index in [0.29, 0.717) is 29.7 Å². The van der Waals surface area contributed by atoms with Gasteiger partial charge >= 0.3 is 0 Å². The van der Waals surface area contributed by atoms with E-state index in [-0.39, 0.29) is 23.6 Å². The van der Waals surface area contributed by atoms with Crippen LogP contribution in [0.25, 0.3) is 5.76 Å². The minimum atomic E-state index is -0.924. The molecular formula is C26H20FNO5. The van der Waals surface area contributed by atoms with Crippen LogP contribution in [0.4, 0.5) is 4.39 Å². The van der Waals surface area contributed by atoms with Crippen LogP contribution < -0.4 is 4.74 Å². The highest BCUT2D eigenvalue weighted by molar-refractivity contribution is 6.46. The number of aromatic hydroxyl groups is 1. The Morgan fingerprint density at radius 1 is 1.06 bits per heavy atom. The number of Topliss-reactive ketones (excluding diaryl/α,β-unsaturated/α-hetero) is 1. The van der Waals surface area contributed by atoms with Crippen molar-refractivity contribution < 1.29 is 28.9 Å². The average molecular weight is 445 g/mol. The summed E-state index contributed by atoms with van der Waals surface area (Å²) < 4.78 is 18.9. The zero-order valence-corrected chi connectivity index (χ0v) is 17.5. The maximum atomic E-state index is 13.4. The number of hydrogen-bond acceptors (Lipinski definition) is 5. The maximum Gasteiger partial charge on any atom is 0.295 e. The monoisotopic (exact) mass is 445 g/mol. The lowest BCUT2D eigenvalue weighted by Gasteiger charge is -2.25. The number of phenols is 1. The highest BCUT2D eigenvalue weighted by Gasteiger charge is 2.46. The summed E-state index contributed by atoms with van der Waals surface area (Å²) in [6.45, 7) is 0.574. The Labute approximate surface area is 189 Å². The van der Waals surface area contributed by atoms with Gasteiger partial charge in [-0.15, -0.1) is 0 Å². The molecule has 33 heavy (non-hydrogen) atoms. The van der Waals surface area contributed by atoms with Gasteiger partial charge in [-0.2, -0.15) is 0 Å². The Morgan fingerprint density at radius 2 is 1.85 bits per heavy atom. The van der Waals surface area contributed by atoms with Crippen LogP contribution in [0.2, 0.25) is 0 Å². The molecule has 1 saturated heterocycles. The van der Waals surface area contributed by atoms with Crippen LogP contribution in [0, 0.1) is 5.82 Å². The molecule has 0 radical (unpaired) electrons. The van der Waals surface area contributed by atoms with E-state index in [1.165, 1.54) is 41.3 Å². The Balaban J connectivity index is 1.63. The number of ketones is 1.